The second-order valence-electron chi connectivity index (χ2n) is 3.58. The van der Waals surface area contributed by atoms with Gasteiger partial charge < -0.3 is 4.74 Å². The highest BCUT2D eigenvalue weighted by Crippen LogP contribution is 2.18. The first-order valence-electron chi connectivity index (χ1n) is 5.02. The summed E-state index contributed by atoms with van der Waals surface area (Å²) in [4.78, 5) is 12.1. The molecule has 17 heavy (non-hydrogen) atoms. The summed E-state index contributed by atoms with van der Waals surface area (Å²) >= 11 is 3.22. The summed E-state index contributed by atoms with van der Waals surface area (Å²) in [6, 6.07) is 7.55. The maximum atomic E-state index is 12.1. The number of ether oxygens (including phenoxy) is 1. The maximum Gasteiger partial charge on any atom is 0.314 e. The van der Waals surface area contributed by atoms with Gasteiger partial charge in [0.1, 0.15) is 0 Å². The molecule has 1 aromatic carbocycles. The molecule has 0 aliphatic rings. The Morgan fingerprint density at radius 3 is 2.53 bits per heavy atom. The summed E-state index contributed by atoms with van der Waals surface area (Å²) in [6.45, 7) is 1.99. The summed E-state index contributed by atoms with van der Waals surface area (Å²) in [5.74, 6) is 0.251. The molecule has 0 unspecified atom stereocenters. The van der Waals surface area contributed by atoms with E-state index in [1.807, 2.05) is 31.2 Å². The number of hydrogen-bond donors (Lipinski definition) is 0. The summed E-state index contributed by atoms with van der Waals surface area (Å²) in [7, 11) is 1.46. The minimum absolute atomic E-state index is 0.251. The Bertz CT molecular complexity index is 590. The summed E-state index contributed by atoms with van der Waals surface area (Å²) in [6.07, 6.45) is 1.54. The molecule has 0 N–H and O–H groups in total. The molecule has 0 saturated carbocycles. The standard InChI is InChI=1S/C12H11BrN2O2/c1-8-3-5-9(6-4-8)15-12(16)11(17-2)10(13)7-14-15/h3-7H,1-2H3. The van der Waals surface area contributed by atoms with E-state index in [-0.39, 0.29) is 11.3 Å². The van der Waals surface area contributed by atoms with E-state index in [1.54, 1.807) is 6.20 Å². The lowest BCUT2D eigenvalue weighted by Gasteiger charge is -2.07. The van der Waals surface area contributed by atoms with Crippen molar-refractivity contribution < 1.29 is 4.74 Å². The van der Waals surface area contributed by atoms with Gasteiger partial charge in [-0.05, 0) is 35.0 Å². The molecule has 0 saturated heterocycles. The Hall–Kier alpha value is -1.62. The van der Waals surface area contributed by atoms with E-state index in [4.69, 9.17) is 4.74 Å². The lowest BCUT2D eigenvalue weighted by atomic mass is 10.2. The highest BCUT2D eigenvalue weighted by molar-refractivity contribution is 9.10. The van der Waals surface area contributed by atoms with E-state index in [1.165, 1.54) is 11.8 Å². The van der Waals surface area contributed by atoms with E-state index in [9.17, 15) is 4.79 Å². The number of hydrogen-bond acceptors (Lipinski definition) is 3. The van der Waals surface area contributed by atoms with Crippen LogP contribution in [-0.2, 0) is 0 Å². The molecule has 1 aromatic heterocycles. The molecule has 0 aliphatic carbocycles. The Balaban J connectivity index is 2.61. The number of halogens is 1. The molecule has 88 valence electrons. The van der Waals surface area contributed by atoms with Gasteiger partial charge in [0.05, 0.1) is 23.5 Å². The van der Waals surface area contributed by atoms with Crippen LogP contribution in [0.25, 0.3) is 5.69 Å². The third-order valence-electron chi connectivity index (χ3n) is 2.37. The molecule has 2 aromatic rings. The van der Waals surface area contributed by atoms with Crippen LogP contribution in [0.1, 0.15) is 5.56 Å². The van der Waals surface area contributed by atoms with Crippen molar-refractivity contribution in [2.24, 2.45) is 0 Å². The zero-order chi connectivity index (χ0) is 12.4. The van der Waals surface area contributed by atoms with Crippen LogP contribution in [0.3, 0.4) is 0 Å². The molecule has 0 atom stereocenters. The maximum absolute atomic E-state index is 12.1. The summed E-state index contributed by atoms with van der Waals surface area (Å²) in [5.41, 5.74) is 1.56. The van der Waals surface area contributed by atoms with Crippen molar-refractivity contribution in [3.05, 3.63) is 50.9 Å². The third-order valence-corrected chi connectivity index (χ3v) is 2.94. The molecule has 1 heterocycles. The van der Waals surface area contributed by atoms with Crippen LogP contribution in [0.5, 0.6) is 5.75 Å². The number of aromatic nitrogens is 2. The summed E-state index contributed by atoms with van der Waals surface area (Å²) in [5, 5.41) is 4.06. The average molecular weight is 295 g/mol. The molecular formula is C12H11BrN2O2. The van der Waals surface area contributed by atoms with Crippen LogP contribution < -0.4 is 10.3 Å². The van der Waals surface area contributed by atoms with E-state index in [0.29, 0.717) is 10.2 Å². The van der Waals surface area contributed by atoms with Gasteiger partial charge in [-0.25, -0.2) is 0 Å². The van der Waals surface area contributed by atoms with Crippen molar-refractivity contribution in [1.82, 2.24) is 9.78 Å². The molecule has 0 radical (unpaired) electrons. The molecular weight excluding hydrogens is 284 g/mol. The molecule has 5 heteroatoms. The molecule has 0 aliphatic heterocycles. The first-order chi connectivity index (χ1) is 8.13. The predicted molar refractivity (Wildman–Crippen MR) is 68.8 cm³/mol. The lowest BCUT2D eigenvalue weighted by molar-refractivity contribution is 0.400. The first kappa shape index (κ1) is 11.9. The van der Waals surface area contributed by atoms with Crippen LogP contribution in [0.15, 0.2) is 39.7 Å². The Morgan fingerprint density at radius 1 is 1.29 bits per heavy atom. The van der Waals surface area contributed by atoms with E-state index < -0.39 is 0 Å². The van der Waals surface area contributed by atoms with Gasteiger partial charge >= 0.3 is 5.56 Å². The van der Waals surface area contributed by atoms with Gasteiger partial charge in [-0.1, -0.05) is 17.7 Å². The van der Waals surface area contributed by atoms with Gasteiger partial charge in [-0.2, -0.15) is 9.78 Å². The molecule has 0 spiro atoms. The fourth-order valence-corrected chi connectivity index (χ4v) is 1.90. The smallest absolute Gasteiger partial charge is 0.314 e. The first-order valence-corrected chi connectivity index (χ1v) is 5.81. The number of rotatable bonds is 2. The number of aryl methyl sites for hydroxylation is 1. The molecule has 0 fully saturated rings. The zero-order valence-electron chi connectivity index (χ0n) is 9.48. The zero-order valence-corrected chi connectivity index (χ0v) is 11.1. The Labute approximate surface area is 107 Å². The van der Waals surface area contributed by atoms with Gasteiger partial charge in [0.15, 0.2) is 0 Å². The molecule has 0 bridgehead atoms. The van der Waals surface area contributed by atoms with Crippen LogP contribution in [-0.4, -0.2) is 16.9 Å². The van der Waals surface area contributed by atoms with Crippen LogP contribution in [0.2, 0.25) is 0 Å². The van der Waals surface area contributed by atoms with Crippen molar-refractivity contribution in [1.29, 1.82) is 0 Å². The molecule has 2 rings (SSSR count). The van der Waals surface area contributed by atoms with Crippen molar-refractivity contribution >= 4 is 15.9 Å². The van der Waals surface area contributed by atoms with Crippen LogP contribution in [0.4, 0.5) is 0 Å². The Kier molecular flexibility index (Phi) is 3.28. The number of nitrogens with zero attached hydrogens (tertiary/aromatic N) is 2. The highest BCUT2D eigenvalue weighted by Gasteiger charge is 2.10. The van der Waals surface area contributed by atoms with Crippen molar-refractivity contribution in [3.8, 4) is 11.4 Å². The van der Waals surface area contributed by atoms with Crippen LogP contribution in [0, 0.1) is 6.92 Å². The topological polar surface area (TPSA) is 44.1 Å². The highest BCUT2D eigenvalue weighted by atomic mass is 79.9. The minimum Gasteiger partial charge on any atom is -0.490 e. The SMILES string of the molecule is COc1c(Br)cnn(-c2ccc(C)cc2)c1=O. The van der Waals surface area contributed by atoms with Gasteiger partial charge in [0.2, 0.25) is 5.75 Å². The average Bonchev–Trinajstić information content (AvgIpc) is 2.31. The summed E-state index contributed by atoms with van der Waals surface area (Å²) < 4.78 is 6.90. The van der Waals surface area contributed by atoms with Gasteiger partial charge in [-0.15, -0.1) is 0 Å². The minimum atomic E-state index is -0.286. The molecule has 0 amide bonds. The van der Waals surface area contributed by atoms with Gasteiger partial charge in [0.25, 0.3) is 0 Å². The second-order valence-corrected chi connectivity index (χ2v) is 4.43. The fraction of sp³-hybridized carbons (Fsp3) is 0.167. The Morgan fingerprint density at radius 2 is 1.94 bits per heavy atom. The van der Waals surface area contributed by atoms with Crippen molar-refractivity contribution in [2.45, 2.75) is 6.92 Å². The fourth-order valence-electron chi connectivity index (χ4n) is 1.47. The number of methoxy groups -OCH3 is 1. The number of benzene rings is 1. The predicted octanol–water partition coefficient (Wildman–Crippen LogP) is 2.31. The van der Waals surface area contributed by atoms with Gasteiger partial charge in [-0.3, -0.25) is 4.79 Å². The van der Waals surface area contributed by atoms with Gasteiger partial charge in [0, 0.05) is 0 Å². The van der Waals surface area contributed by atoms with Crippen molar-refractivity contribution in [3.63, 3.8) is 0 Å². The van der Waals surface area contributed by atoms with Crippen molar-refractivity contribution in [2.75, 3.05) is 7.11 Å². The van der Waals surface area contributed by atoms with E-state index in [2.05, 4.69) is 21.0 Å². The largest absolute Gasteiger partial charge is 0.490 e. The lowest BCUT2D eigenvalue weighted by Crippen LogP contribution is -2.22. The monoisotopic (exact) mass is 294 g/mol. The third kappa shape index (κ3) is 2.24. The second kappa shape index (κ2) is 4.71. The molecule has 4 nitrogen and oxygen atoms in total. The van der Waals surface area contributed by atoms with E-state index >= 15 is 0 Å². The normalized spacial score (nSPS) is 10.3. The van der Waals surface area contributed by atoms with E-state index in [0.717, 1.165) is 5.56 Å². The quantitative estimate of drug-likeness (QED) is 0.854. The van der Waals surface area contributed by atoms with Crippen LogP contribution >= 0.6 is 15.9 Å².